The molecule has 0 atom stereocenters. The van der Waals surface area contributed by atoms with E-state index in [0.717, 1.165) is 47.3 Å². The van der Waals surface area contributed by atoms with Crippen LogP contribution in [0.15, 0.2) is 42.5 Å². The molecule has 0 aliphatic carbocycles. The normalized spacial score (nSPS) is 10.3. The molecule has 0 unspecified atom stereocenters. The monoisotopic (exact) mass is 319 g/mol. The van der Waals surface area contributed by atoms with Crippen LogP contribution in [0.3, 0.4) is 0 Å². The summed E-state index contributed by atoms with van der Waals surface area (Å²) >= 11 is 5.99. The van der Waals surface area contributed by atoms with Crippen LogP contribution in [0, 0.1) is 6.92 Å². The van der Waals surface area contributed by atoms with Gasteiger partial charge in [0, 0.05) is 17.3 Å². The van der Waals surface area contributed by atoms with Crippen molar-refractivity contribution in [2.75, 3.05) is 25.1 Å². The van der Waals surface area contributed by atoms with E-state index < -0.39 is 0 Å². The molecule has 2 aromatic carbocycles. The zero-order valence-electron chi connectivity index (χ0n) is 13.1. The topological polar surface area (TPSA) is 30.5 Å². The molecule has 0 heterocycles. The molecule has 22 heavy (non-hydrogen) atoms. The molecule has 0 saturated heterocycles. The smallest absolute Gasteiger partial charge is 0.119 e. The maximum atomic E-state index is 5.99. The number of anilines is 1. The summed E-state index contributed by atoms with van der Waals surface area (Å²) in [6, 6.07) is 13.7. The fraction of sp³-hybridized carbons (Fsp3) is 0.333. The fourth-order valence-corrected chi connectivity index (χ4v) is 2.08. The van der Waals surface area contributed by atoms with Crippen LogP contribution < -0.4 is 14.8 Å². The largest absolute Gasteiger partial charge is 0.494 e. The molecular formula is C18H22ClNO2. The summed E-state index contributed by atoms with van der Waals surface area (Å²) < 4.78 is 11.2. The molecule has 2 rings (SSSR count). The van der Waals surface area contributed by atoms with E-state index >= 15 is 0 Å². The van der Waals surface area contributed by atoms with Gasteiger partial charge in [-0.25, -0.2) is 0 Å². The van der Waals surface area contributed by atoms with Crippen LogP contribution in [-0.2, 0) is 0 Å². The molecule has 0 amide bonds. The number of benzene rings is 2. The van der Waals surface area contributed by atoms with E-state index in [1.165, 1.54) is 0 Å². The molecule has 118 valence electrons. The SMILES string of the molecule is CCCOc1ccc(NCCOc2ccc(Cl)c(C)c2)cc1. The predicted molar refractivity (Wildman–Crippen MR) is 92.4 cm³/mol. The Hall–Kier alpha value is -1.87. The Morgan fingerprint density at radius 2 is 1.64 bits per heavy atom. The molecule has 0 radical (unpaired) electrons. The van der Waals surface area contributed by atoms with Crippen molar-refractivity contribution in [1.29, 1.82) is 0 Å². The number of rotatable bonds is 8. The molecule has 0 bridgehead atoms. The maximum absolute atomic E-state index is 5.99. The molecular weight excluding hydrogens is 298 g/mol. The fourth-order valence-electron chi connectivity index (χ4n) is 1.96. The second-order valence-electron chi connectivity index (χ2n) is 5.06. The first kappa shape index (κ1) is 16.5. The van der Waals surface area contributed by atoms with Gasteiger partial charge in [-0.1, -0.05) is 18.5 Å². The molecule has 4 heteroatoms. The van der Waals surface area contributed by atoms with Crippen molar-refractivity contribution < 1.29 is 9.47 Å². The van der Waals surface area contributed by atoms with Crippen LogP contribution in [-0.4, -0.2) is 19.8 Å². The summed E-state index contributed by atoms with van der Waals surface area (Å²) in [6.45, 7) is 6.14. The van der Waals surface area contributed by atoms with Crippen LogP contribution in [0.4, 0.5) is 5.69 Å². The Balaban J connectivity index is 1.73. The lowest BCUT2D eigenvalue weighted by atomic mass is 10.2. The molecule has 0 aliphatic rings. The van der Waals surface area contributed by atoms with E-state index in [4.69, 9.17) is 21.1 Å². The van der Waals surface area contributed by atoms with E-state index in [1.54, 1.807) is 0 Å². The van der Waals surface area contributed by atoms with Gasteiger partial charge in [-0.05, 0) is 61.4 Å². The Labute approximate surface area is 137 Å². The Kier molecular flexibility index (Phi) is 6.41. The number of halogens is 1. The standard InChI is InChI=1S/C18H22ClNO2/c1-3-11-21-16-6-4-15(5-7-16)20-10-12-22-17-8-9-18(19)14(2)13-17/h4-9,13,20H,3,10-12H2,1-2H3. The average molecular weight is 320 g/mol. The lowest BCUT2D eigenvalue weighted by Gasteiger charge is -2.10. The van der Waals surface area contributed by atoms with E-state index in [0.29, 0.717) is 6.61 Å². The predicted octanol–water partition coefficient (Wildman–Crippen LogP) is 4.93. The van der Waals surface area contributed by atoms with Crippen molar-refractivity contribution in [2.24, 2.45) is 0 Å². The van der Waals surface area contributed by atoms with Gasteiger partial charge in [-0.3, -0.25) is 0 Å². The minimum absolute atomic E-state index is 0.592. The maximum Gasteiger partial charge on any atom is 0.119 e. The Morgan fingerprint density at radius 3 is 2.32 bits per heavy atom. The van der Waals surface area contributed by atoms with Gasteiger partial charge < -0.3 is 14.8 Å². The number of aryl methyl sites for hydroxylation is 1. The van der Waals surface area contributed by atoms with Crippen LogP contribution in [0.2, 0.25) is 5.02 Å². The van der Waals surface area contributed by atoms with Gasteiger partial charge in [-0.2, -0.15) is 0 Å². The third kappa shape index (κ3) is 5.15. The molecule has 0 aromatic heterocycles. The number of hydrogen-bond acceptors (Lipinski definition) is 3. The van der Waals surface area contributed by atoms with Crippen LogP contribution in [0.5, 0.6) is 11.5 Å². The van der Waals surface area contributed by atoms with Gasteiger partial charge in [0.1, 0.15) is 18.1 Å². The Morgan fingerprint density at radius 1 is 0.955 bits per heavy atom. The second-order valence-corrected chi connectivity index (χ2v) is 5.47. The summed E-state index contributed by atoms with van der Waals surface area (Å²) in [6.07, 6.45) is 1.02. The first-order valence-corrected chi connectivity index (χ1v) is 7.92. The van der Waals surface area contributed by atoms with Gasteiger partial charge in [0.05, 0.1) is 6.61 Å². The zero-order chi connectivity index (χ0) is 15.8. The molecule has 0 aliphatic heterocycles. The highest BCUT2D eigenvalue weighted by molar-refractivity contribution is 6.31. The summed E-state index contributed by atoms with van der Waals surface area (Å²) in [5.41, 5.74) is 2.08. The van der Waals surface area contributed by atoms with Gasteiger partial charge in [0.15, 0.2) is 0 Å². The Bertz CT molecular complexity index is 584. The molecule has 3 nitrogen and oxygen atoms in total. The van der Waals surface area contributed by atoms with Gasteiger partial charge in [-0.15, -0.1) is 0 Å². The highest BCUT2D eigenvalue weighted by Gasteiger charge is 1.99. The minimum atomic E-state index is 0.592. The minimum Gasteiger partial charge on any atom is -0.494 e. The lowest BCUT2D eigenvalue weighted by molar-refractivity contribution is 0.317. The van der Waals surface area contributed by atoms with E-state index in [9.17, 15) is 0 Å². The van der Waals surface area contributed by atoms with E-state index in [-0.39, 0.29) is 0 Å². The van der Waals surface area contributed by atoms with Crippen molar-refractivity contribution in [3.8, 4) is 11.5 Å². The molecule has 0 saturated carbocycles. The number of ether oxygens (including phenoxy) is 2. The van der Waals surface area contributed by atoms with Gasteiger partial charge >= 0.3 is 0 Å². The van der Waals surface area contributed by atoms with Crippen LogP contribution >= 0.6 is 11.6 Å². The average Bonchev–Trinajstić information content (AvgIpc) is 2.54. The van der Waals surface area contributed by atoms with Gasteiger partial charge in [0.2, 0.25) is 0 Å². The summed E-state index contributed by atoms with van der Waals surface area (Å²) in [7, 11) is 0. The molecule has 2 aromatic rings. The molecule has 1 N–H and O–H groups in total. The highest BCUT2D eigenvalue weighted by atomic mass is 35.5. The van der Waals surface area contributed by atoms with Crippen molar-refractivity contribution in [3.63, 3.8) is 0 Å². The highest BCUT2D eigenvalue weighted by Crippen LogP contribution is 2.21. The molecule has 0 spiro atoms. The van der Waals surface area contributed by atoms with Crippen molar-refractivity contribution >= 4 is 17.3 Å². The third-order valence-corrected chi connectivity index (χ3v) is 3.58. The van der Waals surface area contributed by atoms with E-state index in [1.807, 2.05) is 49.4 Å². The van der Waals surface area contributed by atoms with Crippen molar-refractivity contribution in [1.82, 2.24) is 0 Å². The van der Waals surface area contributed by atoms with Crippen LogP contribution in [0.25, 0.3) is 0 Å². The number of nitrogens with one attached hydrogen (secondary N) is 1. The zero-order valence-corrected chi connectivity index (χ0v) is 13.8. The van der Waals surface area contributed by atoms with E-state index in [2.05, 4.69) is 12.2 Å². The lowest BCUT2D eigenvalue weighted by Crippen LogP contribution is -2.11. The third-order valence-electron chi connectivity index (χ3n) is 3.16. The first-order chi connectivity index (χ1) is 10.7. The summed E-state index contributed by atoms with van der Waals surface area (Å²) in [4.78, 5) is 0. The number of hydrogen-bond donors (Lipinski definition) is 1. The quantitative estimate of drug-likeness (QED) is 0.700. The second kappa shape index (κ2) is 8.54. The van der Waals surface area contributed by atoms with Crippen molar-refractivity contribution in [2.45, 2.75) is 20.3 Å². The summed E-state index contributed by atoms with van der Waals surface area (Å²) in [5, 5.41) is 4.08. The first-order valence-electron chi connectivity index (χ1n) is 7.54. The van der Waals surface area contributed by atoms with Gasteiger partial charge in [0.25, 0.3) is 0 Å². The van der Waals surface area contributed by atoms with Crippen molar-refractivity contribution in [3.05, 3.63) is 53.1 Å². The molecule has 0 fully saturated rings. The summed E-state index contributed by atoms with van der Waals surface area (Å²) in [5.74, 6) is 1.74. The van der Waals surface area contributed by atoms with Crippen LogP contribution in [0.1, 0.15) is 18.9 Å².